The summed E-state index contributed by atoms with van der Waals surface area (Å²) in [7, 11) is 0. The number of carbonyl (C=O) groups excluding carboxylic acids is 1. The molecule has 0 atom stereocenters. The van der Waals surface area contributed by atoms with Crippen LogP contribution in [0.1, 0.15) is 24.2 Å². The smallest absolute Gasteiger partial charge is 0.259 e. The van der Waals surface area contributed by atoms with Gasteiger partial charge in [-0.15, -0.1) is 0 Å². The van der Waals surface area contributed by atoms with Gasteiger partial charge in [0.05, 0.1) is 11.1 Å². The Balaban J connectivity index is 1.77. The van der Waals surface area contributed by atoms with Gasteiger partial charge in [0.25, 0.3) is 11.8 Å². The van der Waals surface area contributed by atoms with E-state index in [0.717, 1.165) is 25.2 Å². The van der Waals surface area contributed by atoms with Gasteiger partial charge in [-0.1, -0.05) is 42.7 Å². The molecule has 0 unspecified atom stereocenters. The van der Waals surface area contributed by atoms with E-state index in [1.807, 2.05) is 24.3 Å². The fourth-order valence-electron chi connectivity index (χ4n) is 2.88. The van der Waals surface area contributed by atoms with Crippen molar-refractivity contribution in [3.63, 3.8) is 0 Å². The number of likely N-dealkylation sites (N-methyl/N-ethyl adjacent to an activating group) is 1. The fraction of sp³-hybridized carbons (Fsp3) is 0.286. The summed E-state index contributed by atoms with van der Waals surface area (Å²) in [5.74, 6) is 0.594. The number of hydrogen-bond donors (Lipinski definition) is 1. The molecule has 0 aliphatic carbocycles. The summed E-state index contributed by atoms with van der Waals surface area (Å²) in [5, 5.41) is 7.64. The number of aromatic nitrogens is 2. The topological polar surface area (TPSA) is 71.3 Å². The molecule has 2 aromatic carbocycles. The van der Waals surface area contributed by atoms with Gasteiger partial charge in [-0.3, -0.25) is 4.79 Å². The maximum atomic E-state index is 12.7. The summed E-state index contributed by atoms with van der Waals surface area (Å²) in [4.78, 5) is 19.4. The summed E-state index contributed by atoms with van der Waals surface area (Å²) in [6.45, 7) is 7.51. The van der Waals surface area contributed by atoms with E-state index >= 15 is 0 Å². The standard InChI is InChI=1S/C21H23ClN4O2/c1-3-26(4-2)14-13-23-20(27)17-7-5-6-8-18(17)21-24-19(25-28-21)15-9-11-16(22)12-10-15/h5-12H,3-4,13-14H2,1-2H3,(H,23,27). The molecule has 1 aromatic heterocycles. The summed E-state index contributed by atoms with van der Waals surface area (Å²) in [5.41, 5.74) is 1.91. The number of rotatable bonds is 8. The van der Waals surface area contributed by atoms with Crippen molar-refractivity contribution in [3.8, 4) is 22.8 Å². The van der Waals surface area contributed by atoms with Crippen LogP contribution in [0.4, 0.5) is 0 Å². The van der Waals surface area contributed by atoms with Gasteiger partial charge in [0.2, 0.25) is 5.82 Å². The van der Waals surface area contributed by atoms with Crippen LogP contribution in [-0.4, -0.2) is 47.1 Å². The third-order valence-corrected chi connectivity index (χ3v) is 4.79. The lowest BCUT2D eigenvalue weighted by atomic mass is 10.1. The van der Waals surface area contributed by atoms with E-state index in [9.17, 15) is 4.79 Å². The Morgan fingerprint density at radius 3 is 2.54 bits per heavy atom. The molecule has 3 rings (SSSR count). The second-order valence-corrected chi connectivity index (χ2v) is 6.69. The highest BCUT2D eigenvalue weighted by molar-refractivity contribution is 6.30. The molecule has 0 saturated carbocycles. The molecule has 6 nitrogen and oxygen atoms in total. The monoisotopic (exact) mass is 398 g/mol. The molecule has 0 aliphatic heterocycles. The van der Waals surface area contributed by atoms with Gasteiger partial charge < -0.3 is 14.7 Å². The summed E-state index contributed by atoms with van der Waals surface area (Å²) < 4.78 is 5.42. The molecule has 1 amide bonds. The minimum absolute atomic E-state index is 0.158. The average Bonchev–Trinajstić information content (AvgIpc) is 3.22. The van der Waals surface area contributed by atoms with E-state index in [4.69, 9.17) is 16.1 Å². The van der Waals surface area contributed by atoms with E-state index in [1.54, 1.807) is 24.3 Å². The maximum Gasteiger partial charge on any atom is 0.259 e. The molecule has 0 spiro atoms. The zero-order valence-electron chi connectivity index (χ0n) is 16.0. The van der Waals surface area contributed by atoms with Crippen LogP contribution in [0.15, 0.2) is 53.1 Å². The third kappa shape index (κ3) is 4.77. The number of amides is 1. The van der Waals surface area contributed by atoms with Crippen LogP contribution in [0.2, 0.25) is 5.02 Å². The first kappa shape index (κ1) is 20.0. The molecule has 3 aromatic rings. The Kier molecular flexibility index (Phi) is 6.79. The van der Waals surface area contributed by atoms with Crippen molar-refractivity contribution in [1.82, 2.24) is 20.4 Å². The summed E-state index contributed by atoms with van der Waals surface area (Å²) in [6, 6.07) is 14.4. The van der Waals surface area contributed by atoms with E-state index < -0.39 is 0 Å². The molecule has 0 radical (unpaired) electrons. The highest BCUT2D eigenvalue weighted by atomic mass is 35.5. The Hall–Kier alpha value is -2.70. The average molecular weight is 399 g/mol. The van der Waals surface area contributed by atoms with Gasteiger partial charge in [0.15, 0.2) is 0 Å². The molecule has 1 N–H and O–H groups in total. The molecule has 7 heteroatoms. The van der Waals surface area contributed by atoms with Gasteiger partial charge in [0, 0.05) is 23.7 Å². The SMILES string of the molecule is CCN(CC)CCNC(=O)c1ccccc1-c1nc(-c2ccc(Cl)cc2)no1. The third-order valence-electron chi connectivity index (χ3n) is 4.54. The van der Waals surface area contributed by atoms with Crippen molar-refractivity contribution in [2.24, 2.45) is 0 Å². The normalized spacial score (nSPS) is 11.0. The second-order valence-electron chi connectivity index (χ2n) is 6.26. The van der Waals surface area contributed by atoms with Crippen LogP contribution in [0, 0.1) is 0 Å². The lowest BCUT2D eigenvalue weighted by Gasteiger charge is -2.18. The zero-order chi connectivity index (χ0) is 19.9. The van der Waals surface area contributed by atoms with Crippen molar-refractivity contribution in [2.75, 3.05) is 26.2 Å². The van der Waals surface area contributed by atoms with E-state index in [1.165, 1.54) is 0 Å². The van der Waals surface area contributed by atoms with Gasteiger partial charge in [0.1, 0.15) is 0 Å². The lowest BCUT2D eigenvalue weighted by molar-refractivity contribution is 0.0949. The Labute approximate surface area is 169 Å². The predicted octanol–water partition coefficient (Wildman–Crippen LogP) is 4.13. The molecule has 1 heterocycles. The highest BCUT2D eigenvalue weighted by Crippen LogP contribution is 2.25. The molecule has 0 fully saturated rings. The van der Waals surface area contributed by atoms with Crippen molar-refractivity contribution in [2.45, 2.75) is 13.8 Å². The number of benzene rings is 2. The second kappa shape index (κ2) is 9.48. The Morgan fingerprint density at radius 1 is 1.11 bits per heavy atom. The van der Waals surface area contributed by atoms with Crippen LogP contribution in [0.25, 0.3) is 22.8 Å². The molecular weight excluding hydrogens is 376 g/mol. The number of hydrogen-bond acceptors (Lipinski definition) is 5. The molecule has 0 saturated heterocycles. The van der Waals surface area contributed by atoms with Crippen molar-refractivity contribution < 1.29 is 9.32 Å². The molecule has 28 heavy (non-hydrogen) atoms. The number of nitrogens with one attached hydrogen (secondary N) is 1. The van der Waals surface area contributed by atoms with Crippen LogP contribution in [0.5, 0.6) is 0 Å². The minimum atomic E-state index is -0.158. The van der Waals surface area contributed by atoms with Crippen molar-refractivity contribution in [3.05, 3.63) is 59.1 Å². The first-order valence-electron chi connectivity index (χ1n) is 9.32. The van der Waals surface area contributed by atoms with Gasteiger partial charge >= 0.3 is 0 Å². The van der Waals surface area contributed by atoms with Crippen LogP contribution >= 0.6 is 11.6 Å². The predicted molar refractivity (Wildman–Crippen MR) is 110 cm³/mol. The Morgan fingerprint density at radius 2 is 1.82 bits per heavy atom. The number of halogens is 1. The van der Waals surface area contributed by atoms with Crippen LogP contribution < -0.4 is 5.32 Å². The fourth-order valence-corrected chi connectivity index (χ4v) is 3.01. The highest BCUT2D eigenvalue weighted by Gasteiger charge is 2.18. The van der Waals surface area contributed by atoms with Gasteiger partial charge in [-0.25, -0.2) is 0 Å². The summed E-state index contributed by atoms with van der Waals surface area (Å²) in [6.07, 6.45) is 0. The molecule has 146 valence electrons. The number of nitrogens with zero attached hydrogens (tertiary/aromatic N) is 3. The maximum absolute atomic E-state index is 12.7. The van der Waals surface area contributed by atoms with Crippen LogP contribution in [0.3, 0.4) is 0 Å². The first-order chi connectivity index (χ1) is 13.6. The van der Waals surface area contributed by atoms with Crippen molar-refractivity contribution in [1.29, 1.82) is 0 Å². The summed E-state index contributed by atoms with van der Waals surface area (Å²) >= 11 is 5.92. The molecular formula is C21H23ClN4O2. The zero-order valence-corrected chi connectivity index (χ0v) is 16.7. The van der Waals surface area contributed by atoms with E-state index in [-0.39, 0.29) is 5.91 Å². The molecule has 0 aliphatic rings. The molecule has 0 bridgehead atoms. The first-order valence-corrected chi connectivity index (χ1v) is 9.69. The van der Waals surface area contributed by atoms with Gasteiger partial charge in [-0.05, 0) is 49.5 Å². The van der Waals surface area contributed by atoms with Crippen LogP contribution in [-0.2, 0) is 0 Å². The Bertz CT molecular complexity index is 920. The van der Waals surface area contributed by atoms with Gasteiger partial charge in [-0.2, -0.15) is 4.98 Å². The lowest BCUT2D eigenvalue weighted by Crippen LogP contribution is -2.34. The largest absolute Gasteiger partial charge is 0.351 e. The quantitative estimate of drug-likeness (QED) is 0.617. The van der Waals surface area contributed by atoms with E-state index in [2.05, 4.69) is 34.2 Å². The van der Waals surface area contributed by atoms with Crippen molar-refractivity contribution >= 4 is 17.5 Å². The minimum Gasteiger partial charge on any atom is -0.351 e. The van der Waals surface area contributed by atoms with E-state index in [0.29, 0.717) is 34.4 Å². The number of carbonyl (C=O) groups is 1.